The molecule has 0 fully saturated rings. The predicted molar refractivity (Wildman–Crippen MR) is 98.3 cm³/mol. The number of rotatable bonds is 5. The molecule has 2 N–H and O–H groups in total. The van der Waals surface area contributed by atoms with Crippen LogP contribution in [0.5, 0.6) is 0 Å². The van der Waals surface area contributed by atoms with Crippen LogP contribution in [0, 0.1) is 11.3 Å². The highest BCUT2D eigenvalue weighted by atomic mass is 32.2. The van der Waals surface area contributed by atoms with Gasteiger partial charge >= 0.3 is 0 Å². The van der Waals surface area contributed by atoms with Crippen molar-refractivity contribution < 1.29 is 8.76 Å². The van der Waals surface area contributed by atoms with E-state index in [1.807, 2.05) is 49.4 Å². The van der Waals surface area contributed by atoms with Gasteiger partial charge in [0.25, 0.3) is 0 Å². The molecule has 0 radical (unpaired) electrons. The van der Waals surface area contributed by atoms with Crippen LogP contribution in [0.25, 0.3) is 22.0 Å². The van der Waals surface area contributed by atoms with Crippen LogP contribution in [-0.4, -0.2) is 25.5 Å². The number of nitriles is 1. The van der Waals surface area contributed by atoms with Crippen LogP contribution in [0.4, 0.5) is 5.69 Å². The van der Waals surface area contributed by atoms with Crippen LogP contribution in [0.15, 0.2) is 42.5 Å². The quantitative estimate of drug-likeness (QED) is 0.683. The summed E-state index contributed by atoms with van der Waals surface area (Å²) in [7, 11) is 0. The summed E-state index contributed by atoms with van der Waals surface area (Å²) in [5, 5.41) is 21.4. The van der Waals surface area contributed by atoms with Crippen LogP contribution in [-0.2, 0) is 16.8 Å². The van der Waals surface area contributed by atoms with Gasteiger partial charge in [-0.25, -0.2) is 4.21 Å². The molecule has 1 heterocycles. The van der Waals surface area contributed by atoms with E-state index in [-0.39, 0.29) is 11.4 Å². The summed E-state index contributed by atoms with van der Waals surface area (Å²) in [6, 6.07) is 15.4. The molecule has 7 heteroatoms. The van der Waals surface area contributed by atoms with Gasteiger partial charge in [-0.2, -0.15) is 5.26 Å². The van der Waals surface area contributed by atoms with Gasteiger partial charge in [0.15, 0.2) is 16.8 Å². The Kier molecular flexibility index (Phi) is 5.03. The SMILES string of the molecule is CCNc1c(C#N)nnc2cc(-c3ccc(CS(=O)O)cc3)ccc12. The molecule has 3 aromatic rings. The van der Waals surface area contributed by atoms with Crippen molar-refractivity contribution in [3.05, 3.63) is 53.7 Å². The first-order chi connectivity index (χ1) is 12.1. The lowest BCUT2D eigenvalue weighted by Gasteiger charge is -2.10. The van der Waals surface area contributed by atoms with Crippen molar-refractivity contribution in [1.82, 2.24) is 10.2 Å². The first-order valence-electron chi connectivity index (χ1n) is 7.73. The summed E-state index contributed by atoms with van der Waals surface area (Å²) in [6.45, 7) is 2.65. The zero-order valence-corrected chi connectivity index (χ0v) is 14.4. The van der Waals surface area contributed by atoms with Gasteiger partial charge in [0.1, 0.15) is 6.07 Å². The summed E-state index contributed by atoms with van der Waals surface area (Å²) in [4.78, 5) is 0. The molecule has 25 heavy (non-hydrogen) atoms. The minimum absolute atomic E-state index is 0.118. The number of anilines is 1. The normalized spacial score (nSPS) is 11.9. The second-order valence-corrected chi connectivity index (χ2v) is 6.39. The van der Waals surface area contributed by atoms with Crippen LogP contribution in [0.2, 0.25) is 0 Å². The Balaban J connectivity index is 2.01. The molecule has 2 aromatic carbocycles. The van der Waals surface area contributed by atoms with E-state index in [9.17, 15) is 9.47 Å². The molecule has 0 aliphatic heterocycles. The Morgan fingerprint density at radius 2 is 1.88 bits per heavy atom. The van der Waals surface area contributed by atoms with Gasteiger partial charge in [0.2, 0.25) is 0 Å². The van der Waals surface area contributed by atoms with Crippen LogP contribution in [0.3, 0.4) is 0 Å². The van der Waals surface area contributed by atoms with Crippen molar-refractivity contribution in [3.63, 3.8) is 0 Å². The first kappa shape index (κ1) is 17.0. The maximum atomic E-state index is 10.9. The van der Waals surface area contributed by atoms with E-state index in [2.05, 4.69) is 21.6 Å². The second-order valence-electron chi connectivity index (χ2n) is 5.46. The Morgan fingerprint density at radius 3 is 2.52 bits per heavy atom. The highest BCUT2D eigenvalue weighted by molar-refractivity contribution is 7.78. The lowest BCUT2D eigenvalue weighted by atomic mass is 10.0. The monoisotopic (exact) mass is 352 g/mol. The molecule has 0 aliphatic carbocycles. The summed E-state index contributed by atoms with van der Waals surface area (Å²) < 4.78 is 19.8. The molecule has 0 spiro atoms. The van der Waals surface area contributed by atoms with E-state index in [0.29, 0.717) is 17.7 Å². The number of hydrogen-bond acceptors (Lipinski definition) is 5. The summed E-state index contributed by atoms with van der Waals surface area (Å²) in [5.74, 6) is 0.118. The third kappa shape index (κ3) is 3.65. The number of aromatic nitrogens is 2. The molecule has 0 aliphatic rings. The predicted octanol–water partition coefficient (Wildman–Crippen LogP) is 3.32. The van der Waals surface area contributed by atoms with E-state index in [0.717, 1.165) is 22.1 Å². The number of hydrogen-bond donors (Lipinski definition) is 2. The number of benzene rings is 2. The van der Waals surface area contributed by atoms with Crippen LogP contribution >= 0.6 is 0 Å². The molecular formula is C18H16N4O2S. The third-order valence-corrected chi connectivity index (χ3v) is 4.38. The molecular weight excluding hydrogens is 336 g/mol. The van der Waals surface area contributed by atoms with Crippen molar-refractivity contribution in [2.24, 2.45) is 0 Å². The van der Waals surface area contributed by atoms with Crippen molar-refractivity contribution in [3.8, 4) is 17.2 Å². The third-order valence-electron chi connectivity index (χ3n) is 3.80. The number of nitrogens with one attached hydrogen (secondary N) is 1. The molecule has 0 bridgehead atoms. The smallest absolute Gasteiger partial charge is 0.186 e. The lowest BCUT2D eigenvalue weighted by molar-refractivity contribution is 0.563. The average Bonchev–Trinajstić information content (AvgIpc) is 2.62. The van der Waals surface area contributed by atoms with Crippen molar-refractivity contribution in [2.75, 3.05) is 11.9 Å². The van der Waals surface area contributed by atoms with Gasteiger partial charge in [-0.15, -0.1) is 10.2 Å². The molecule has 1 aromatic heterocycles. The summed E-state index contributed by atoms with van der Waals surface area (Å²) in [6.07, 6.45) is 0. The zero-order chi connectivity index (χ0) is 17.8. The fraction of sp³-hybridized carbons (Fsp3) is 0.167. The molecule has 0 saturated heterocycles. The molecule has 0 saturated carbocycles. The topological polar surface area (TPSA) is 98.9 Å². The zero-order valence-electron chi connectivity index (χ0n) is 13.6. The molecule has 6 nitrogen and oxygen atoms in total. The fourth-order valence-electron chi connectivity index (χ4n) is 2.66. The van der Waals surface area contributed by atoms with Crippen LogP contribution in [0.1, 0.15) is 18.2 Å². The van der Waals surface area contributed by atoms with Gasteiger partial charge in [-0.1, -0.05) is 30.3 Å². The number of nitrogens with zero attached hydrogens (tertiary/aromatic N) is 3. The van der Waals surface area contributed by atoms with E-state index >= 15 is 0 Å². The maximum absolute atomic E-state index is 10.9. The summed E-state index contributed by atoms with van der Waals surface area (Å²) in [5.41, 5.74) is 4.42. The van der Waals surface area contributed by atoms with Crippen molar-refractivity contribution in [1.29, 1.82) is 5.26 Å². The summed E-state index contributed by atoms with van der Waals surface area (Å²) >= 11 is -1.85. The lowest BCUT2D eigenvalue weighted by Crippen LogP contribution is -2.03. The van der Waals surface area contributed by atoms with Crippen molar-refractivity contribution >= 4 is 27.7 Å². The Labute approximate surface area is 147 Å². The van der Waals surface area contributed by atoms with Gasteiger partial charge in [-0.3, -0.25) is 0 Å². The minimum Gasteiger partial charge on any atom is -0.382 e. The second kappa shape index (κ2) is 7.38. The highest BCUT2D eigenvalue weighted by Gasteiger charge is 2.11. The highest BCUT2D eigenvalue weighted by Crippen LogP contribution is 2.29. The minimum atomic E-state index is -1.85. The largest absolute Gasteiger partial charge is 0.382 e. The first-order valence-corrected chi connectivity index (χ1v) is 9.01. The maximum Gasteiger partial charge on any atom is 0.186 e. The molecule has 1 unspecified atom stereocenters. The Hall–Kier alpha value is -2.82. The van der Waals surface area contributed by atoms with Gasteiger partial charge in [0, 0.05) is 11.9 Å². The molecule has 126 valence electrons. The van der Waals surface area contributed by atoms with Gasteiger partial charge in [0.05, 0.1) is 17.0 Å². The molecule has 1 atom stereocenters. The van der Waals surface area contributed by atoms with E-state index in [1.54, 1.807) is 0 Å². The fourth-order valence-corrected chi connectivity index (χ4v) is 3.13. The Bertz CT molecular complexity index is 981. The van der Waals surface area contributed by atoms with E-state index < -0.39 is 11.1 Å². The van der Waals surface area contributed by atoms with E-state index in [1.165, 1.54) is 0 Å². The standard InChI is InChI=1S/C18H16N4O2S/c1-2-20-18-15-8-7-14(9-16(15)21-22-17(18)10-19)13-5-3-12(4-6-13)11-25(23)24/h3-9H,2,11H2,1H3,(H,20,21)(H,23,24). The Morgan fingerprint density at radius 1 is 1.16 bits per heavy atom. The van der Waals surface area contributed by atoms with Crippen LogP contribution < -0.4 is 5.32 Å². The van der Waals surface area contributed by atoms with Crippen molar-refractivity contribution in [2.45, 2.75) is 12.7 Å². The molecule has 0 amide bonds. The number of fused-ring (bicyclic) bond motifs is 1. The molecule has 3 rings (SSSR count). The van der Waals surface area contributed by atoms with E-state index in [4.69, 9.17) is 4.55 Å². The van der Waals surface area contributed by atoms with Gasteiger partial charge in [-0.05, 0) is 35.7 Å². The van der Waals surface area contributed by atoms with Gasteiger partial charge < -0.3 is 9.87 Å². The average molecular weight is 352 g/mol.